The Hall–Kier alpha value is -2.57. The molecule has 0 saturated carbocycles. The van der Waals surface area contributed by atoms with Gasteiger partial charge in [-0.3, -0.25) is 14.4 Å². The van der Waals surface area contributed by atoms with Crippen molar-refractivity contribution in [3.63, 3.8) is 0 Å². The first kappa shape index (κ1) is 27.7. The fraction of sp³-hybridized carbons (Fsp3) is 0.667. The van der Waals surface area contributed by atoms with Crippen LogP contribution in [-0.4, -0.2) is 55.0 Å². The molecule has 1 aliphatic heterocycles. The molecule has 34 heavy (non-hydrogen) atoms. The Morgan fingerprint density at radius 3 is 2.24 bits per heavy atom. The lowest BCUT2D eigenvalue weighted by atomic mass is 10.1. The number of carbonyl (C=O) groups is 3. The Morgan fingerprint density at radius 2 is 1.56 bits per heavy atom. The molecule has 1 aromatic carbocycles. The number of ether oxygens (including phenoxy) is 2. The van der Waals surface area contributed by atoms with Crippen molar-refractivity contribution in [1.82, 2.24) is 10.2 Å². The number of esters is 1. The molecule has 1 aliphatic rings. The van der Waals surface area contributed by atoms with Crippen LogP contribution in [0.5, 0.6) is 5.75 Å². The summed E-state index contributed by atoms with van der Waals surface area (Å²) in [7, 11) is 0. The van der Waals surface area contributed by atoms with Crippen LogP contribution in [0.15, 0.2) is 24.3 Å². The average Bonchev–Trinajstić information content (AvgIpc) is 2.84. The van der Waals surface area contributed by atoms with Crippen molar-refractivity contribution in [2.45, 2.75) is 90.5 Å². The molecule has 1 N–H and O–H groups in total. The van der Waals surface area contributed by atoms with Crippen LogP contribution in [-0.2, 0) is 14.3 Å². The van der Waals surface area contributed by atoms with Gasteiger partial charge < -0.3 is 19.7 Å². The largest absolute Gasteiger partial charge is 0.494 e. The zero-order valence-corrected chi connectivity index (χ0v) is 21.0. The highest BCUT2D eigenvalue weighted by Crippen LogP contribution is 2.18. The van der Waals surface area contributed by atoms with Crippen molar-refractivity contribution in [3.8, 4) is 5.75 Å². The summed E-state index contributed by atoms with van der Waals surface area (Å²) in [6.45, 7) is 6.03. The first-order valence-corrected chi connectivity index (χ1v) is 13.0. The Balaban J connectivity index is 1.79. The Morgan fingerprint density at radius 1 is 0.912 bits per heavy atom. The SMILES string of the molecule is CCCCCCCCCCOC(=O)CC1C(=O)NCCN1C(=O)c1ccc(OCCCC)cc1. The second-order valence-corrected chi connectivity index (χ2v) is 8.93. The second-order valence-electron chi connectivity index (χ2n) is 8.93. The monoisotopic (exact) mass is 474 g/mol. The van der Waals surface area contributed by atoms with Gasteiger partial charge in [0.05, 0.1) is 19.6 Å². The fourth-order valence-electron chi connectivity index (χ4n) is 3.99. The molecule has 0 bridgehead atoms. The highest BCUT2D eigenvalue weighted by Gasteiger charge is 2.35. The number of piperazine rings is 1. The molecule has 7 nitrogen and oxygen atoms in total. The zero-order valence-electron chi connectivity index (χ0n) is 21.0. The minimum atomic E-state index is -0.854. The maximum atomic E-state index is 13.1. The maximum absolute atomic E-state index is 13.1. The molecular formula is C27H42N2O5. The number of rotatable bonds is 16. The third-order valence-corrected chi connectivity index (χ3v) is 6.08. The lowest BCUT2D eigenvalue weighted by Crippen LogP contribution is -2.57. The molecule has 2 amide bonds. The molecule has 2 rings (SSSR count). The molecule has 0 aliphatic carbocycles. The van der Waals surface area contributed by atoms with Crippen LogP contribution < -0.4 is 10.1 Å². The van der Waals surface area contributed by atoms with Gasteiger partial charge in [0.1, 0.15) is 11.8 Å². The lowest BCUT2D eigenvalue weighted by Gasteiger charge is -2.34. The predicted octanol–water partition coefficient (Wildman–Crippen LogP) is 4.88. The first-order valence-electron chi connectivity index (χ1n) is 13.0. The van der Waals surface area contributed by atoms with E-state index in [0.29, 0.717) is 37.6 Å². The molecule has 0 spiro atoms. The highest BCUT2D eigenvalue weighted by molar-refractivity contribution is 5.99. The van der Waals surface area contributed by atoms with Crippen molar-refractivity contribution < 1.29 is 23.9 Å². The number of nitrogens with zero attached hydrogens (tertiary/aromatic N) is 1. The van der Waals surface area contributed by atoms with E-state index in [1.165, 1.54) is 37.0 Å². The number of benzene rings is 1. The van der Waals surface area contributed by atoms with Crippen LogP contribution >= 0.6 is 0 Å². The van der Waals surface area contributed by atoms with E-state index < -0.39 is 12.0 Å². The predicted molar refractivity (Wildman–Crippen MR) is 133 cm³/mol. The van der Waals surface area contributed by atoms with E-state index >= 15 is 0 Å². The van der Waals surface area contributed by atoms with Gasteiger partial charge in [0.2, 0.25) is 5.91 Å². The van der Waals surface area contributed by atoms with E-state index in [0.717, 1.165) is 32.1 Å². The van der Waals surface area contributed by atoms with Crippen LogP contribution in [0.2, 0.25) is 0 Å². The summed E-state index contributed by atoms with van der Waals surface area (Å²) in [4.78, 5) is 39.4. The van der Waals surface area contributed by atoms with Crippen molar-refractivity contribution in [2.75, 3.05) is 26.3 Å². The molecule has 1 heterocycles. The molecule has 1 unspecified atom stereocenters. The van der Waals surface area contributed by atoms with Crippen molar-refractivity contribution >= 4 is 17.8 Å². The number of amides is 2. The van der Waals surface area contributed by atoms with E-state index in [9.17, 15) is 14.4 Å². The third kappa shape index (κ3) is 9.74. The summed E-state index contributed by atoms with van der Waals surface area (Å²) < 4.78 is 11.0. The van der Waals surface area contributed by atoms with Gasteiger partial charge in [-0.1, -0.05) is 65.2 Å². The molecule has 7 heteroatoms. The number of hydrogen-bond donors (Lipinski definition) is 1. The van der Waals surface area contributed by atoms with Crippen molar-refractivity contribution in [2.24, 2.45) is 0 Å². The molecule has 0 aromatic heterocycles. The molecule has 1 aromatic rings. The second kappa shape index (κ2) is 16.1. The molecular weight excluding hydrogens is 432 g/mol. The Kier molecular flexibility index (Phi) is 13.1. The summed E-state index contributed by atoms with van der Waals surface area (Å²) in [5, 5.41) is 2.76. The van der Waals surface area contributed by atoms with Gasteiger partial charge in [-0.25, -0.2) is 0 Å². The summed E-state index contributed by atoms with van der Waals surface area (Å²) >= 11 is 0. The number of carbonyl (C=O) groups excluding carboxylic acids is 3. The van der Waals surface area contributed by atoms with E-state index in [-0.39, 0.29) is 18.2 Å². The number of nitrogens with one attached hydrogen (secondary N) is 1. The minimum absolute atomic E-state index is 0.132. The Labute approximate surface area is 204 Å². The first-order chi connectivity index (χ1) is 16.6. The van der Waals surface area contributed by atoms with E-state index in [4.69, 9.17) is 9.47 Å². The topological polar surface area (TPSA) is 84.9 Å². The van der Waals surface area contributed by atoms with Gasteiger partial charge in [0.15, 0.2) is 0 Å². The lowest BCUT2D eigenvalue weighted by molar-refractivity contribution is -0.147. The van der Waals surface area contributed by atoms with Crippen LogP contribution in [0, 0.1) is 0 Å². The highest BCUT2D eigenvalue weighted by atomic mass is 16.5. The summed E-state index contributed by atoms with van der Waals surface area (Å²) in [6, 6.07) is 6.08. The quantitative estimate of drug-likeness (QED) is 0.273. The zero-order chi connectivity index (χ0) is 24.6. The van der Waals surface area contributed by atoms with Gasteiger partial charge in [0.25, 0.3) is 5.91 Å². The fourth-order valence-corrected chi connectivity index (χ4v) is 3.99. The van der Waals surface area contributed by atoms with Gasteiger partial charge >= 0.3 is 5.97 Å². The summed E-state index contributed by atoms with van der Waals surface area (Å²) in [5.74, 6) is -0.316. The van der Waals surface area contributed by atoms with Crippen LogP contribution in [0.25, 0.3) is 0 Å². The third-order valence-electron chi connectivity index (χ3n) is 6.08. The van der Waals surface area contributed by atoms with Gasteiger partial charge in [-0.05, 0) is 37.1 Å². The number of hydrogen-bond acceptors (Lipinski definition) is 5. The van der Waals surface area contributed by atoms with E-state index in [1.807, 2.05) is 0 Å². The number of unbranched alkanes of at least 4 members (excludes halogenated alkanes) is 8. The molecule has 1 saturated heterocycles. The van der Waals surface area contributed by atoms with E-state index in [2.05, 4.69) is 19.2 Å². The van der Waals surface area contributed by atoms with Crippen LogP contribution in [0.1, 0.15) is 94.8 Å². The smallest absolute Gasteiger partial charge is 0.308 e. The Bertz CT molecular complexity index is 750. The van der Waals surface area contributed by atoms with Crippen molar-refractivity contribution in [1.29, 1.82) is 0 Å². The van der Waals surface area contributed by atoms with Crippen LogP contribution in [0.4, 0.5) is 0 Å². The summed E-state index contributed by atoms with van der Waals surface area (Å²) in [6.07, 6.45) is 11.2. The average molecular weight is 475 g/mol. The minimum Gasteiger partial charge on any atom is -0.494 e. The van der Waals surface area contributed by atoms with Crippen molar-refractivity contribution in [3.05, 3.63) is 29.8 Å². The standard InChI is InChI=1S/C27H42N2O5/c1-3-5-7-8-9-10-11-12-20-34-25(30)21-24-26(31)28-17-18-29(24)27(32)22-13-15-23(16-14-22)33-19-6-4-2/h13-16,24H,3-12,17-21H2,1-2H3,(H,28,31). The van der Waals surface area contributed by atoms with Crippen LogP contribution in [0.3, 0.4) is 0 Å². The maximum Gasteiger partial charge on any atom is 0.308 e. The molecule has 1 atom stereocenters. The van der Waals surface area contributed by atoms with Gasteiger partial charge in [-0.2, -0.15) is 0 Å². The summed E-state index contributed by atoms with van der Waals surface area (Å²) in [5.41, 5.74) is 0.467. The molecule has 190 valence electrons. The molecule has 1 fully saturated rings. The van der Waals surface area contributed by atoms with E-state index in [1.54, 1.807) is 24.3 Å². The van der Waals surface area contributed by atoms with Gasteiger partial charge in [-0.15, -0.1) is 0 Å². The normalized spacial score (nSPS) is 15.6. The molecule has 0 radical (unpaired) electrons. The van der Waals surface area contributed by atoms with Gasteiger partial charge in [0, 0.05) is 18.7 Å².